The predicted octanol–water partition coefficient (Wildman–Crippen LogP) is -0.194. The normalized spacial score (nSPS) is 19.9. The Morgan fingerprint density at radius 3 is 3.11 bits per heavy atom. The summed E-state index contributed by atoms with van der Waals surface area (Å²) in [4.78, 5) is 28.4. The maximum atomic E-state index is 11.8. The Labute approximate surface area is 110 Å². The number of carboxylic acid groups (broad SMARTS) is 1. The second kappa shape index (κ2) is 6.26. The fourth-order valence-electron chi connectivity index (χ4n) is 1.88. The van der Waals surface area contributed by atoms with Gasteiger partial charge in [-0.15, -0.1) is 0 Å². The number of hydrogen-bond acceptors (Lipinski definition) is 5. The maximum Gasteiger partial charge on any atom is 0.323 e. The molecule has 0 spiro atoms. The van der Waals surface area contributed by atoms with Crippen molar-refractivity contribution in [3.63, 3.8) is 0 Å². The van der Waals surface area contributed by atoms with Crippen LogP contribution < -0.4 is 5.32 Å². The quantitative estimate of drug-likeness (QED) is 0.783. The lowest BCUT2D eigenvalue weighted by molar-refractivity contribution is -0.150. The number of pyridine rings is 1. The van der Waals surface area contributed by atoms with Crippen LogP contribution in [0, 0.1) is 0 Å². The fourth-order valence-corrected chi connectivity index (χ4v) is 1.88. The van der Waals surface area contributed by atoms with Crippen molar-refractivity contribution < 1.29 is 19.4 Å². The number of anilines is 1. The molecule has 2 heterocycles. The molecule has 1 aromatic rings. The molecule has 1 amide bonds. The van der Waals surface area contributed by atoms with Gasteiger partial charge in [0, 0.05) is 12.7 Å². The molecule has 0 bridgehead atoms. The number of rotatable bonds is 4. The van der Waals surface area contributed by atoms with E-state index in [9.17, 15) is 9.59 Å². The van der Waals surface area contributed by atoms with Gasteiger partial charge in [0.15, 0.2) is 0 Å². The number of ether oxygens (including phenoxy) is 1. The summed E-state index contributed by atoms with van der Waals surface area (Å²) < 4.78 is 5.11. The number of nitrogens with one attached hydrogen (secondary N) is 1. The molecular weight excluding hydrogens is 250 g/mol. The minimum atomic E-state index is -0.978. The second-order valence-corrected chi connectivity index (χ2v) is 4.19. The van der Waals surface area contributed by atoms with E-state index < -0.39 is 12.0 Å². The molecular formula is C12H15N3O4. The number of carboxylic acids is 1. The zero-order valence-electron chi connectivity index (χ0n) is 10.3. The summed E-state index contributed by atoms with van der Waals surface area (Å²) >= 11 is 0. The Balaban J connectivity index is 1.92. The van der Waals surface area contributed by atoms with Crippen molar-refractivity contribution in [3.05, 3.63) is 24.5 Å². The monoisotopic (exact) mass is 265 g/mol. The van der Waals surface area contributed by atoms with Crippen LogP contribution in [-0.4, -0.2) is 59.2 Å². The van der Waals surface area contributed by atoms with E-state index in [2.05, 4.69) is 10.3 Å². The van der Waals surface area contributed by atoms with E-state index in [0.29, 0.717) is 18.8 Å². The third-order valence-corrected chi connectivity index (χ3v) is 2.82. The topological polar surface area (TPSA) is 91.8 Å². The molecule has 1 aromatic heterocycles. The molecule has 0 radical (unpaired) electrons. The molecule has 1 atom stereocenters. The molecule has 0 aromatic carbocycles. The van der Waals surface area contributed by atoms with Crippen molar-refractivity contribution >= 4 is 17.6 Å². The zero-order chi connectivity index (χ0) is 13.7. The highest BCUT2D eigenvalue weighted by Gasteiger charge is 2.30. The van der Waals surface area contributed by atoms with Crippen LogP contribution in [-0.2, 0) is 14.3 Å². The van der Waals surface area contributed by atoms with Gasteiger partial charge in [-0.25, -0.2) is 0 Å². The SMILES string of the molecule is O=C(CN1CCOCC1C(=O)O)Nc1cccnc1. The van der Waals surface area contributed by atoms with Crippen LogP contribution >= 0.6 is 0 Å². The third kappa shape index (κ3) is 3.73. The standard InChI is InChI=1S/C12H15N3O4/c16-11(14-9-2-1-3-13-6-9)7-15-4-5-19-8-10(15)12(17)18/h1-3,6,10H,4-5,7-8H2,(H,14,16)(H,17,18). The Kier molecular flexibility index (Phi) is 4.43. The van der Waals surface area contributed by atoms with Crippen LogP contribution in [0.4, 0.5) is 5.69 Å². The van der Waals surface area contributed by atoms with Gasteiger partial charge in [0.25, 0.3) is 0 Å². The highest BCUT2D eigenvalue weighted by atomic mass is 16.5. The molecule has 1 saturated heterocycles. The van der Waals surface area contributed by atoms with E-state index in [0.717, 1.165) is 0 Å². The van der Waals surface area contributed by atoms with Crippen molar-refractivity contribution in [2.45, 2.75) is 6.04 Å². The first-order chi connectivity index (χ1) is 9.16. The number of aliphatic carboxylic acids is 1. The molecule has 2 N–H and O–H groups in total. The maximum absolute atomic E-state index is 11.8. The van der Waals surface area contributed by atoms with E-state index in [4.69, 9.17) is 9.84 Å². The van der Waals surface area contributed by atoms with Crippen LogP contribution in [0.15, 0.2) is 24.5 Å². The largest absolute Gasteiger partial charge is 0.480 e. The molecule has 102 valence electrons. The minimum absolute atomic E-state index is 0.0230. The van der Waals surface area contributed by atoms with Gasteiger partial charge in [0.2, 0.25) is 5.91 Å². The van der Waals surface area contributed by atoms with Crippen LogP contribution in [0.3, 0.4) is 0 Å². The van der Waals surface area contributed by atoms with E-state index in [-0.39, 0.29) is 19.1 Å². The minimum Gasteiger partial charge on any atom is -0.480 e. The Hall–Kier alpha value is -1.99. The van der Waals surface area contributed by atoms with Gasteiger partial charge in [-0.05, 0) is 12.1 Å². The van der Waals surface area contributed by atoms with Gasteiger partial charge < -0.3 is 15.2 Å². The van der Waals surface area contributed by atoms with Crippen molar-refractivity contribution in [1.29, 1.82) is 0 Å². The summed E-state index contributed by atoms with van der Waals surface area (Å²) in [5.74, 6) is -1.24. The summed E-state index contributed by atoms with van der Waals surface area (Å²) in [6.45, 7) is 0.992. The number of amides is 1. The first-order valence-corrected chi connectivity index (χ1v) is 5.91. The van der Waals surface area contributed by atoms with Gasteiger partial charge >= 0.3 is 5.97 Å². The van der Waals surface area contributed by atoms with Crippen LogP contribution in [0.5, 0.6) is 0 Å². The third-order valence-electron chi connectivity index (χ3n) is 2.82. The van der Waals surface area contributed by atoms with Crippen LogP contribution in [0.1, 0.15) is 0 Å². The van der Waals surface area contributed by atoms with E-state index in [1.807, 2.05) is 0 Å². The molecule has 1 fully saturated rings. The van der Waals surface area contributed by atoms with Crippen molar-refractivity contribution in [2.24, 2.45) is 0 Å². The lowest BCUT2D eigenvalue weighted by atomic mass is 10.2. The Bertz CT molecular complexity index is 452. The van der Waals surface area contributed by atoms with Gasteiger partial charge in [0.1, 0.15) is 6.04 Å². The molecule has 1 unspecified atom stereocenters. The number of morpholine rings is 1. The first-order valence-electron chi connectivity index (χ1n) is 5.91. The first kappa shape index (κ1) is 13.4. The number of aromatic nitrogens is 1. The molecule has 1 aliphatic rings. The number of carbonyl (C=O) groups is 2. The lowest BCUT2D eigenvalue weighted by Gasteiger charge is -2.32. The molecule has 19 heavy (non-hydrogen) atoms. The van der Waals surface area contributed by atoms with Crippen molar-refractivity contribution in [3.8, 4) is 0 Å². The average molecular weight is 265 g/mol. The van der Waals surface area contributed by atoms with Crippen LogP contribution in [0.25, 0.3) is 0 Å². The van der Waals surface area contributed by atoms with E-state index in [1.165, 1.54) is 6.20 Å². The van der Waals surface area contributed by atoms with Crippen molar-refractivity contribution in [1.82, 2.24) is 9.88 Å². The Morgan fingerprint density at radius 2 is 2.42 bits per heavy atom. The summed E-state index contributed by atoms with van der Waals surface area (Å²) in [5, 5.41) is 11.7. The number of carbonyl (C=O) groups excluding carboxylic acids is 1. The van der Waals surface area contributed by atoms with Gasteiger partial charge in [-0.3, -0.25) is 19.5 Å². The van der Waals surface area contributed by atoms with Gasteiger partial charge in [-0.2, -0.15) is 0 Å². The summed E-state index contributed by atoms with van der Waals surface area (Å²) in [7, 11) is 0. The van der Waals surface area contributed by atoms with Crippen molar-refractivity contribution in [2.75, 3.05) is 31.6 Å². The molecule has 2 rings (SSSR count). The predicted molar refractivity (Wildman–Crippen MR) is 66.7 cm³/mol. The molecule has 7 heteroatoms. The van der Waals surface area contributed by atoms with Crippen LogP contribution in [0.2, 0.25) is 0 Å². The summed E-state index contributed by atoms with van der Waals surface area (Å²) in [5.41, 5.74) is 0.590. The average Bonchev–Trinajstić information content (AvgIpc) is 2.40. The summed E-state index contributed by atoms with van der Waals surface area (Å²) in [6.07, 6.45) is 3.14. The second-order valence-electron chi connectivity index (χ2n) is 4.19. The zero-order valence-corrected chi connectivity index (χ0v) is 10.3. The number of hydrogen-bond donors (Lipinski definition) is 2. The summed E-state index contributed by atoms with van der Waals surface area (Å²) in [6, 6.07) is 2.66. The molecule has 0 saturated carbocycles. The highest BCUT2D eigenvalue weighted by molar-refractivity contribution is 5.92. The highest BCUT2D eigenvalue weighted by Crippen LogP contribution is 2.08. The molecule has 7 nitrogen and oxygen atoms in total. The Morgan fingerprint density at radius 1 is 1.58 bits per heavy atom. The van der Waals surface area contributed by atoms with Gasteiger partial charge in [-0.1, -0.05) is 0 Å². The molecule has 0 aliphatic carbocycles. The lowest BCUT2D eigenvalue weighted by Crippen LogP contribution is -2.52. The van der Waals surface area contributed by atoms with E-state index >= 15 is 0 Å². The molecule has 1 aliphatic heterocycles. The fraction of sp³-hybridized carbons (Fsp3) is 0.417. The van der Waals surface area contributed by atoms with E-state index in [1.54, 1.807) is 23.2 Å². The number of nitrogens with zero attached hydrogens (tertiary/aromatic N) is 2. The van der Waals surface area contributed by atoms with Gasteiger partial charge in [0.05, 0.1) is 31.6 Å². The smallest absolute Gasteiger partial charge is 0.323 e.